The number of benzene rings is 1. The quantitative estimate of drug-likeness (QED) is 0.887. The normalized spacial score (nSPS) is 20.9. The van der Waals surface area contributed by atoms with Crippen LogP contribution in [-0.4, -0.2) is 29.6 Å². The molecule has 1 N–H and O–H groups in total. The second-order valence-corrected chi connectivity index (χ2v) is 6.46. The lowest BCUT2D eigenvalue weighted by molar-refractivity contribution is -0.0837. The molecule has 1 aliphatic heterocycles. The fourth-order valence-electron chi connectivity index (χ4n) is 2.74. The van der Waals surface area contributed by atoms with Crippen LogP contribution in [0.2, 0.25) is 0 Å². The van der Waals surface area contributed by atoms with Gasteiger partial charge in [0.05, 0.1) is 0 Å². The minimum atomic E-state index is -0.779. The molecule has 1 aromatic carbocycles. The number of hydrogen-bond acceptors (Lipinski definition) is 2. The molecule has 1 atom stereocenters. The predicted octanol–water partition coefficient (Wildman–Crippen LogP) is 3.02. The number of aliphatic hydroxyl groups is 1. The standard InChI is InChI=1S/C16H25NO/c1-15(2,3)16(18,13-17-11-7-8-12-17)14-9-5-4-6-10-14/h4-6,9-10,18H,7-8,11-13H2,1-3H3. The predicted molar refractivity (Wildman–Crippen MR) is 75.5 cm³/mol. The van der Waals surface area contributed by atoms with Gasteiger partial charge in [-0.2, -0.15) is 0 Å². The van der Waals surface area contributed by atoms with Crippen molar-refractivity contribution in [3.8, 4) is 0 Å². The fraction of sp³-hybridized carbons (Fsp3) is 0.625. The molecule has 0 bridgehead atoms. The molecule has 2 nitrogen and oxygen atoms in total. The average Bonchev–Trinajstić information content (AvgIpc) is 2.81. The lowest BCUT2D eigenvalue weighted by Crippen LogP contribution is -2.48. The van der Waals surface area contributed by atoms with Crippen molar-refractivity contribution in [3.05, 3.63) is 35.9 Å². The summed E-state index contributed by atoms with van der Waals surface area (Å²) in [5.41, 5.74) is 0.0830. The van der Waals surface area contributed by atoms with E-state index in [0.29, 0.717) is 0 Å². The Morgan fingerprint density at radius 2 is 1.61 bits per heavy atom. The second-order valence-electron chi connectivity index (χ2n) is 6.46. The van der Waals surface area contributed by atoms with Crippen molar-refractivity contribution < 1.29 is 5.11 Å². The average molecular weight is 247 g/mol. The van der Waals surface area contributed by atoms with E-state index in [-0.39, 0.29) is 5.41 Å². The molecule has 1 saturated heterocycles. The van der Waals surface area contributed by atoms with Crippen LogP contribution in [0.15, 0.2) is 30.3 Å². The van der Waals surface area contributed by atoms with E-state index in [2.05, 4.69) is 25.7 Å². The van der Waals surface area contributed by atoms with E-state index in [9.17, 15) is 5.11 Å². The lowest BCUT2D eigenvalue weighted by Gasteiger charge is -2.43. The Labute approximate surface area is 111 Å². The van der Waals surface area contributed by atoms with Crippen LogP contribution < -0.4 is 0 Å². The van der Waals surface area contributed by atoms with Gasteiger partial charge < -0.3 is 10.0 Å². The summed E-state index contributed by atoms with van der Waals surface area (Å²) in [4.78, 5) is 2.39. The number of rotatable bonds is 3. The van der Waals surface area contributed by atoms with Gasteiger partial charge in [0.25, 0.3) is 0 Å². The van der Waals surface area contributed by atoms with Crippen molar-refractivity contribution in [1.82, 2.24) is 4.90 Å². The van der Waals surface area contributed by atoms with Crippen LogP contribution in [0.1, 0.15) is 39.2 Å². The van der Waals surface area contributed by atoms with Crippen LogP contribution in [0.25, 0.3) is 0 Å². The van der Waals surface area contributed by atoms with E-state index in [0.717, 1.165) is 25.2 Å². The minimum absolute atomic E-state index is 0.170. The summed E-state index contributed by atoms with van der Waals surface area (Å²) in [5, 5.41) is 11.2. The number of β-amino-alcohol motifs (C(OH)–C–C–N with tert-alkyl or cyclic N) is 1. The molecule has 1 heterocycles. The summed E-state index contributed by atoms with van der Waals surface area (Å²) in [6, 6.07) is 10.1. The Hall–Kier alpha value is -0.860. The van der Waals surface area contributed by atoms with Crippen LogP contribution in [0, 0.1) is 5.41 Å². The second kappa shape index (κ2) is 5.02. The summed E-state index contributed by atoms with van der Waals surface area (Å²) in [7, 11) is 0. The first-order valence-corrected chi connectivity index (χ1v) is 6.94. The van der Waals surface area contributed by atoms with Gasteiger partial charge in [0.2, 0.25) is 0 Å². The van der Waals surface area contributed by atoms with E-state index in [4.69, 9.17) is 0 Å². The third kappa shape index (κ3) is 2.60. The molecule has 100 valence electrons. The minimum Gasteiger partial charge on any atom is -0.383 e. The summed E-state index contributed by atoms with van der Waals surface area (Å²) in [6.45, 7) is 9.33. The van der Waals surface area contributed by atoms with Gasteiger partial charge in [0.1, 0.15) is 5.60 Å². The Kier molecular flexibility index (Phi) is 3.79. The Morgan fingerprint density at radius 3 is 2.11 bits per heavy atom. The van der Waals surface area contributed by atoms with Crippen molar-refractivity contribution >= 4 is 0 Å². The number of nitrogens with zero attached hydrogens (tertiary/aromatic N) is 1. The van der Waals surface area contributed by atoms with Crippen molar-refractivity contribution in [2.45, 2.75) is 39.2 Å². The molecular formula is C16H25NO. The van der Waals surface area contributed by atoms with E-state index in [1.54, 1.807) is 0 Å². The van der Waals surface area contributed by atoms with Gasteiger partial charge in [-0.05, 0) is 36.9 Å². The van der Waals surface area contributed by atoms with E-state index in [1.165, 1.54) is 12.8 Å². The molecule has 1 fully saturated rings. The van der Waals surface area contributed by atoms with E-state index < -0.39 is 5.60 Å². The lowest BCUT2D eigenvalue weighted by atomic mass is 9.72. The van der Waals surface area contributed by atoms with Crippen LogP contribution in [0.4, 0.5) is 0 Å². The smallest absolute Gasteiger partial charge is 0.107 e. The van der Waals surface area contributed by atoms with Crippen molar-refractivity contribution in [1.29, 1.82) is 0 Å². The first kappa shape index (κ1) is 13.6. The van der Waals surface area contributed by atoms with Crippen LogP contribution in [0.3, 0.4) is 0 Å². The molecule has 0 spiro atoms. The van der Waals surface area contributed by atoms with Gasteiger partial charge in [-0.15, -0.1) is 0 Å². The largest absolute Gasteiger partial charge is 0.383 e. The molecule has 1 aromatic rings. The molecule has 1 aliphatic rings. The van der Waals surface area contributed by atoms with Crippen LogP contribution >= 0.6 is 0 Å². The Bertz CT molecular complexity index is 376. The third-order valence-electron chi connectivity index (χ3n) is 4.14. The highest BCUT2D eigenvalue weighted by Crippen LogP contribution is 2.40. The van der Waals surface area contributed by atoms with Crippen LogP contribution in [-0.2, 0) is 5.60 Å². The molecule has 0 aliphatic carbocycles. The molecule has 0 saturated carbocycles. The van der Waals surface area contributed by atoms with Gasteiger partial charge in [-0.3, -0.25) is 0 Å². The highest BCUT2D eigenvalue weighted by molar-refractivity contribution is 5.25. The number of likely N-dealkylation sites (tertiary alicyclic amines) is 1. The van der Waals surface area contributed by atoms with Gasteiger partial charge in [0, 0.05) is 6.54 Å². The summed E-state index contributed by atoms with van der Waals surface area (Å²) in [5.74, 6) is 0. The zero-order valence-electron chi connectivity index (χ0n) is 11.8. The van der Waals surface area contributed by atoms with E-state index >= 15 is 0 Å². The topological polar surface area (TPSA) is 23.5 Å². The first-order valence-electron chi connectivity index (χ1n) is 6.94. The molecule has 18 heavy (non-hydrogen) atoms. The molecule has 2 heteroatoms. The molecule has 0 aromatic heterocycles. The summed E-state index contributed by atoms with van der Waals surface area (Å²) in [6.07, 6.45) is 2.52. The Morgan fingerprint density at radius 1 is 1.06 bits per heavy atom. The monoisotopic (exact) mass is 247 g/mol. The first-order chi connectivity index (χ1) is 8.43. The van der Waals surface area contributed by atoms with Gasteiger partial charge in [0.15, 0.2) is 0 Å². The van der Waals surface area contributed by atoms with Gasteiger partial charge >= 0.3 is 0 Å². The van der Waals surface area contributed by atoms with Crippen molar-refractivity contribution in [2.75, 3.05) is 19.6 Å². The summed E-state index contributed by atoms with van der Waals surface area (Å²) >= 11 is 0. The SMILES string of the molecule is CC(C)(C)C(O)(CN1CCCC1)c1ccccc1. The third-order valence-corrected chi connectivity index (χ3v) is 4.14. The zero-order valence-corrected chi connectivity index (χ0v) is 11.8. The van der Waals surface area contributed by atoms with Gasteiger partial charge in [-0.1, -0.05) is 51.1 Å². The number of hydrogen-bond donors (Lipinski definition) is 1. The zero-order chi connectivity index (χ0) is 13.2. The fourth-order valence-corrected chi connectivity index (χ4v) is 2.74. The van der Waals surface area contributed by atoms with Crippen molar-refractivity contribution in [3.63, 3.8) is 0 Å². The maximum Gasteiger partial charge on any atom is 0.107 e. The highest BCUT2D eigenvalue weighted by atomic mass is 16.3. The highest BCUT2D eigenvalue weighted by Gasteiger charge is 2.43. The Balaban J connectivity index is 2.28. The van der Waals surface area contributed by atoms with Crippen LogP contribution in [0.5, 0.6) is 0 Å². The maximum absolute atomic E-state index is 11.2. The molecule has 0 radical (unpaired) electrons. The maximum atomic E-state index is 11.2. The van der Waals surface area contributed by atoms with Crippen molar-refractivity contribution in [2.24, 2.45) is 5.41 Å². The molecule has 1 unspecified atom stereocenters. The molecule has 0 amide bonds. The molecule has 2 rings (SSSR count). The summed E-state index contributed by atoms with van der Waals surface area (Å²) < 4.78 is 0. The van der Waals surface area contributed by atoms with Gasteiger partial charge in [-0.25, -0.2) is 0 Å². The van der Waals surface area contributed by atoms with E-state index in [1.807, 2.05) is 30.3 Å². The molecular weight excluding hydrogens is 222 g/mol.